The van der Waals surface area contributed by atoms with Gasteiger partial charge in [0.05, 0.1) is 52.7 Å². The van der Waals surface area contributed by atoms with Crippen LogP contribution in [-0.4, -0.2) is 140 Å². The second kappa shape index (κ2) is 50.8. The fraction of sp³-hybridized carbons (Fsp3) is 0.925. The topological polar surface area (TPSA) is 216 Å². The van der Waals surface area contributed by atoms with Gasteiger partial charge in [-0.05, 0) is 12.8 Å². The summed E-state index contributed by atoms with van der Waals surface area (Å²) in [6, 6.07) is 0. The molecule has 0 fully saturated rings. The van der Waals surface area contributed by atoms with E-state index in [2.05, 4.69) is 29.8 Å². The molecular weight excluding hydrogens is 869 g/mol. The van der Waals surface area contributed by atoms with Crippen molar-refractivity contribution in [2.75, 3.05) is 79.0 Å². The Kier molecular flexibility index (Phi) is 48.9. The van der Waals surface area contributed by atoms with Crippen LogP contribution < -0.4 is 16.0 Å². The molecule has 0 aromatic rings. The lowest BCUT2D eigenvalue weighted by atomic mass is 10.0. The van der Waals surface area contributed by atoms with Crippen molar-refractivity contribution < 1.29 is 53.8 Å². The summed E-state index contributed by atoms with van der Waals surface area (Å²) in [5.74, 6) is -1.87. The van der Waals surface area contributed by atoms with Gasteiger partial charge in [0.2, 0.25) is 17.7 Å². The molecule has 4 amide bonds. The Balaban J connectivity index is 4.65. The van der Waals surface area contributed by atoms with Crippen LogP contribution in [0, 0.1) is 5.92 Å². The van der Waals surface area contributed by atoms with E-state index in [9.17, 15) is 39.6 Å². The Hall–Kier alpha value is -2.56. The summed E-state index contributed by atoms with van der Waals surface area (Å²) in [6.07, 6.45) is 38.7. The van der Waals surface area contributed by atoms with Crippen molar-refractivity contribution in [3.05, 3.63) is 0 Å². The first-order chi connectivity index (χ1) is 33.2. The summed E-state index contributed by atoms with van der Waals surface area (Å²) in [5.41, 5.74) is 0. The van der Waals surface area contributed by atoms with Gasteiger partial charge >= 0.3 is 6.09 Å². The number of carbonyl (C=O) groups is 4. The minimum atomic E-state index is -0.921. The molecule has 0 heterocycles. The number of nitrogens with zero attached hydrogens (tertiary/aromatic N) is 1. The quantitative estimate of drug-likeness (QED) is 0.0286. The lowest BCUT2D eigenvalue weighted by Gasteiger charge is -2.23. The van der Waals surface area contributed by atoms with Gasteiger partial charge in [-0.15, -0.1) is 0 Å². The van der Waals surface area contributed by atoms with Crippen LogP contribution in [0.15, 0.2) is 0 Å². The Bertz CT molecular complexity index is 1090. The van der Waals surface area contributed by atoms with Crippen LogP contribution in [0.2, 0.25) is 0 Å². The van der Waals surface area contributed by atoms with Crippen molar-refractivity contribution in [2.24, 2.45) is 5.92 Å². The number of ether oxygens (including phenoxy) is 3. The predicted molar refractivity (Wildman–Crippen MR) is 272 cm³/mol. The lowest BCUT2D eigenvalue weighted by Crippen LogP contribution is -2.45. The van der Waals surface area contributed by atoms with E-state index in [1.165, 1.54) is 180 Å². The Morgan fingerprint density at radius 2 is 0.691 bits per heavy atom. The fourth-order valence-electron chi connectivity index (χ4n) is 8.06. The normalized spacial score (nSPS) is 11.5. The molecule has 0 aliphatic carbocycles. The zero-order valence-corrected chi connectivity index (χ0v) is 43.4. The molecule has 0 spiro atoms. The Morgan fingerprint density at radius 3 is 1.01 bits per heavy atom. The van der Waals surface area contributed by atoms with Crippen molar-refractivity contribution >= 4 is 23.8 Å². The molecular formula is C53H104N4O11. The third kappa shape index (κ3) is 43.5. The number of hydrogen-bond donors (Lipinski definition) is 7. The third-order valence-corrected chi connectivity index (χ3v) is 12.6. The number of rotatable bonds is 52. The molecule has 0 unspecified atom stereocenters. The van der Waals surface area contributed by atoms with Gasteiger partial charge < -0.3 is 55.5 Å². The molecule has 0 saturated carbocycles. The average molecular weight is 973 g/mol. The van der Waals surface area contributed by atoms with Gasteiger partial charge in [-0.3, -0.25) is 14.4 Å². The highest BCUT2D eigenvalue weighted by atomic mass is 16.6. The number of carbonyl (C=O) groups excluding carboxylic acids is 4. The van der Waals surface area contributed by atoms with Crippen LogP contribution in [0.5, 0.6) is 0 Å². The molecule has 0 aliphatic heterocycles. The SMILES string of the molecule is CCCCCCCCCCCCCCCCCCN(CCCCCCCCCCCCCCCCCC)C(=O)CNC(=O)CNC(=O)CNC(=O)OCC(COC(CO)CO)COC(CO)CO. The first-order valence-corrected chi connectivity index (χ1v) is 27.6. The standard InChI is InChI=1S/C53H104N4O11/c1-3-5-7-9-11-13-15-17-19-21-23-25-27-29-31-33-35-57(36-34-32-30-28-26-24-22-20-18-16-14-12-10-8-6-4-2)52(64)39-55-50(62)37-54-51(63)38-56-53(65)68-46-47(44-66-48(40-58)41-59)45-67-49(42-60)43-61/h47-49,58-61H,3-46H2,1-2H3,(H,54,63)(H,55,62)(H,56,65). The Morgan fingerprint density at radius 1 is 0.397 bits per heavy atom. The average Bonchev–Trinajstić information content (AvgIpc) is 3.35. The molecule has 0 aliphatic rings. The first kappa shape index (κ1) is 65.4. The van der Waals surface area contributed by atoms with Gasteiger partial charge in [0, 0.05) is 19.0 Å². The number of aliphatic hydroxyl groups is 4. The molecule has 15 nitrogen and oxygen atoms in total. The lowest BCUT2D eigenvalue weighted by molar-refractivity contribution is -0.133. The number of aliphatic hydroxyl groups excluding tert-OH is 4. The summed E-state index contributed by atoms with van der Waals surface area (Å²) < 4.78 is 16.0. The van der Waals surface area contributed by atoms with Gasteiger partial charge in [-0.2, -0.15) is 0 Å². The number of alkyl carbamates (subject to hydrolysis) is 1. The molecule has 0 radical (unpaired) electrons. The highest BCUT2D eigenvalue weighted by Crippen LogP contribution is 2.16. The van der Waals surface area contributed by atoms with E-state index in [0.717, 1.165) is 25.7 Å². The number of nitrogens with one attached hydrogen (secondary N) is 3. The molecule has 0 aromatic heterocycles. The second-order valence-corrected chi connectivity index (χ2v) is 19.0. The summed E-state index contributed by atoms with van der Waals surface area (Å²) >= 11 is 0. The molecule has 0 bridgehead atoms. The highest BCUT2D eigenvalue weighted by molar-refractivity contribution is 5.89. The molecule has 7 N–H and O–H groups in total. The van der Waals surface area contributed by atoms with Crippen LogP contribution in [0.1, 0.15) is 219 Å². The molecule has 402 valence electrons. The molecule has 68 heavy (non-hydrogen) atoms. The van der Waals surface area contributed by atoms with Crippen LogP contribution in [0.4, 0.5) is 4.79 Å². The van der Waals surface area contributed by atoms with Crippen LogP contribution in [0.3, 0.4) is 0 Å². The maximum absolute atomic E-state index is 13.4. The van der Waals surface area contributed by atoms with Gasteiger partial charge in [0.25, 0.3) is 0 Å². The Labute approximate surface area is 413 Å². The largest absolute Gasteiger partial charge is 0.449 e. The minimum Gasteiger partial charge on any atom is -0.449 e. The number of hydrogen-bond acceptors (Lipinski definition) is 11. The van der Waals surface area contributed by atoms with Crippen molar-refractivity contribution in [1.82, 2.24) is 20.9 Å². The monoisotopic (exact) mass is 973 g/mol. The molecule has 0 atom stereocenters. The van der Waals surface area contributed by atoms with E-state index in [-0.39, 0.29) is 38.8 Å². The van der Waals surface area contributed by atoms with E-state index in [1.807, 2.05) is 4.90 Å². The number of amides is 4. The van der Waals surface area contributed by atoms with Crippen molar-refractivity contribution in [3.8, 4) is 0 Å². The van der Waals surface area contributed by atoms with Gasteiger partial charge in [-0.1, -0.05) is 206 Å². The summed E-state index contributed by atoms with van der Waals surface area (Å²) in [5, 5.41) is 44.5. The van der Waals surface area contributed by atoms with Crippen molar-refractivity contribution in [2.45, 2.75) is 232 Å². The summed E-state index contributed by atoms with van der Waals surface area (Å²) in [7, 11) is 0. The maximum atomic E-state index is 13.4. The molecule has 15 heteroatoms. The van der Waals surface area contributed by atoms with E-state index in [1.54, 1.807) is 0 Å². The minimum absolute atomic E-state index is 0.0718. The smallest absolute Gasteiger partial charge is 0.407 e. The highest BCUT2D eigenvalue weighted by Gasteiger charge is 2.19. The van der Waals surface area contributed by atoms with E-state index >= 15 is 0 Å². The van der Waals surface area contributed by atoms with Crippen LogP contribution in [0.25, 0.3) is 0 Å². The van der Waals surface area contributed by atoms with Crippen molar-refractivity contribution in [1.29, 1.82) is 0 Å². The van der Waals surface area contributed by atoms with E-state index < -0.39 is 69.0 Å². The van der Waals surface area contributed by atoms with E-state index in [0.29, 0.717) is 13.1 Å². The van der Waals surface area contributed by atoms with E-state index in [4.69, 9.17) is 14.2 Å². The van der Waals surface area contributed by atoms with Crippen molar-refractivity contribution in [3.63, 3.8) is 0 Å². The second-order valence-electron chi connectivity index (χ2n) is 19.0. The molecule has 0 aromatic carbocycles. The van der Waals surface area contributed by atoms with Gasteiger partial charge in [0.1, 0.15) is 25.4 Å². The summed E-state index contributed by atoms with van der Waals surface area (Å²) in [4.78, 5) is 52.6. The van der Waals surface area contributed by atoms with Crippen LogP contribution >= 0.6 is 0 Å². The predicted octanol–water partition coefficient (Wildman–Crippen LogP) is 8.65. The zero-order chi connectivity index (χ0) is 50.0. The van der Waals surface area contributed by atoms with Gasteiger partial charge in [0.15, 0.2) is 0 Å². The maximum Gasteiger partial charge on any atom is 0.407 e. The first-order valence-electron chi connectivity index (χ1n) is 27.6. The van der Waals surface area contributed by atoms with Gasteiger partial charge in [-0.25, -0.2) is 4.79 Å². The molecule has 0 rings (SSSR count). The fourth-order valence-corrected chi connectivity index (χ4v) is 8.06. The third-order valence-electron chi connectivity index (χ3n) is 12.6. The molecule has 0 saturated heterocycles. The zero-order valence-electron chi connectivity index (χ0n) is 43.4. The number of unbranched alkanes of at least 4 members (excludes halogenated alkanes) is 30. The van der Waals surface area contributed by atoms with Crippen LogP contribution in [-0.2, 0) is 28.6 Å². The summed E-state index contributed by atoms with van der Waals surface area (Å²) in [6.45, 7) is 2.80.